The fourth-order valence-electron chi connectivity index (χ4n) is 1.23. The van der Waals surface area contributed by atoms with Crippen LogP contribution in [0.15, 0.2) is 10.9 Å². The molecule has 1 aliphatic heterocycles. The minimum atomic E-state index is 0. The molecule has 0 saturated carbocycles. The van der Waals surface area contributed by atoms with Crippen molar-refractivity contribution < 1.29 is 4.52 Å². The summed E-state index contributed by atoms with van der Waals surface area (Å²) in [6, 6.07) is 0. The van der Waals surface area contributed by atoms with Gasteiger partial charge in [0.1, 0.15) is 0 Å². The Kier molecular flexibility index (Phi) is 2.84. The first-order valence-corrected chi connectivity index (χ1v) is 3.44. The fraction of sp³-hybridized carbons (Fsp3) is 0.667. The summed E-state index contributed by atoms with van der Waals surface area (Å²) in [5.41, 5.74) is 0. The van der Waals surface area contributed by atoms with Gasteiger partial charge in [0.05, 0.1) is 5.92 Å². The van der Waals surface area contributed by atoms with Crippen molar-refractivity contribution in [1.82, 2.24) is 15.5 Å². The lowest BCUT2D eigenvalue weighted by Crippen LogP contribution is -2.07. The van der Waals surface area contributed by atoms with E-state index in [1.807, 2.05) is 0 Å². The monoisotopic (exact) mass is 175 g/mol. The number of aromatic nitrogens is 2. The normalized spacial score (nSPS) is 23.1. The minimum Gasteiger partial charge on any atom is -0.339 e. The van der Waals surface area contributed by atoms with Gasteiger partial charge in [0.15, 0.2) is 6.33 Å². The number of nitrogens with zero attached hydrogens (tertiary/aromatic N) is 2. The number of hydrogen-bond donors (Lipinski definition) is 1. The van der Waals surface area contributed by atoms with Gasteiger partial charge in [-0.2, -0.15) is 4.98 Å². The molecule has 1 saturated heterocycles. The Hall–Kier alpha value is -0.610. The summed E-state index contributed by atoms with van der Waals surface area (Å²) >= 11 is 0. The van der Waals surface area contributed by atoms with Crippen molar-refractivity contribution in [2.45, 2.75) is 12.3 Å². The third-order valence-electron chi connectivity index (χ3n) is 1.79. The van der Waals surface area contributed by atoms with Crippen molar-refractivity contribution in [3.05, 3.63) is 12.2 Å². The molecule has 0 bridgehead atoms. The second-order valence-electron chi connectivity index (χ2n) is 2.47. The SMILES string of the molecule is Cl.c1noc(C2CCNC2)n1. The Balaban J connectivity index is 0.000000605. The van der Waals surface area contributed by atoms with Gasteiger partial charge >= 0.3 is 0 Å². The molecule has 62 valence electrons. The Labute approximate surface area is 70.8 Å². The van der Waals surface area contributed by atoms with Crippen molar-refractivity contribution in [3.63, 3.8) is 0 Å². The van der Waals surface area contributed by atoms with E-state index < -0.39 is 0 Å². The number of rotatable bonds is 1. The molecule has 1 fully saturated rings. The largest absolute Gasteiger partial charge is 0.339 e. The highest BCUT2D eigenvalue weighted by Gasteiger charge is 2.20. The molecule has 0 spiro atoms. The Bertz CT molecular complexity index is 196. The van der Waals surface area contributed by atoms with Gasteiger partial charge < -0.3 is 9.84 Å². The third kappa shape index (κ3) is 1.70. The van der Waals surface area contributed by atoms with Crippen LogP contribution >= 0.6 is 12.4 Å². The van der Waals surface area contributed by atoms with Gasteiger partial charge in [-0.25, -0.2) is 0 Å². The predicted molar refractivity (Wildman–Crippen MR) is 41.8 cm³/mol. The quantitative estimate of drug-likeness (QED) is 0.678. The number of hydrogen-bond acceptors (Lipinski definition) is 4. The van der Waals surface area contributed by atoms with Gasteiger partial charge in [-0.3, -0.25) is 0 Å². The van der Waals surface area contributed by atoms with Crippen LogP contribution in [0.4, 0.5) is 0 Å². The molecular formula is C6H10ClN3O. The molecule has 0 aromatic carbocycles. The van der Waals surface area contributed by atoms with E-state index >= 15 is 0 Å². The van der Waals surface area contributed by atoms with Crippen molar-refractivity contribution in [2.75, 3.05) is 13.1 Å². The van der Waals surface area contributed by atoms with Crippen LogP contribution in [0.5, 0.6) is 0 Å². The Morgan fingerprint density at radius 2 is 2.55 bits per heavy atom. The summed E-state index contributed by atoms with van der Waals surface area (Å²) in [6.07, 6.45) is 2.57. The highest BCUT2D eigenvalue weighted by molar-refractivity contribution is 5.85. The molecule has 1 aromatic rings. The van der Waals surface area contributed by atoms with E-state index in [2.05, 4.69) is 15.5 Å². The van der Waals surface area contributed by atoms with Crippen LogP contribution in [0.1, 0.15) is 18.2 Å². The molecule has 4 nitrogen and oxygen atoms in total. The molecule has 1 unspecified atom stereocenters. The smallest absolute Gasteiger partial charge is 0.230 e. The molecule has 11 heavy (non-hydrogen) atoms. The molecule has 1 aromatic heterocycles. The lowest BCUT2D eigenvalue weighted by molar-refractivity contribution is 0.358. The molecular weight excluding hydrogens is 166 g/mol. The van der Waals surface area contributed by atoms with Gasteiger partial charge in [0.2, 0.25) is 5.89 Å². The van der Waals surface area contributed by atoms with Crippen LogP contribution in [-0.4, -0.2) is 23.2 Å². The third-order valence-corrected chi connectivity index (χ3v) is 1.79. The summed E-state index contributed by atoms with van der Waals surface area (Å²) in [4.78, 5) is 3.98. The molecule has 0 amide bonds. The van der Waals surface area contributed by atoms with Crippen LogP contribution in [0, 0.1) is 0 Å². The maximum Gasteiger partial charge on any atom is 0.230 e. The lowest BCUT2D eigenvalue weighted by Gasteiger charge is -1.97. The maximum atomic E-state index is 4.92. The first-order chi connectivity index (χ1) is 4.97. The van der Waals surface area contributed by atoms with E-state index in [0.29, 0.717) is 5.92 Å². The van der Waals surface area contributed by atoms with E-state index in [0.717, 1.165) is 25.4 Å². The van der Waals surface area contributed by atoms with E-state index in [-0.39, 0.29) is 12.4 Å². The van der Waals surface area contributed by atoms with Crippen LogP contribution in [0.3, 0.4) is 0 Å². The van der Waals surface area contributed by atoms with Crippen LogP contribution < -0.4 is 5.32 Å². The summed E-state index contributed by atoms with van der Waals surface area (Å²) in [7, 11) is 0. The van der Waals surface area contributed by atoms with E-state index in [4.69, 9.17) is 4.52 Å². The molecule has 2 heterocycles. The van der Waals surface area contributed by atoms with Crippen LogP contribution in [0.25, 0.3) is 0 Å². The second kappa shape index (κ2) is 3.69. The number of halogens is 1. The second-order valence-corrected chi connectivity index (χ2v) is 2.47. The van der Waals surface area contributed by atoms with Gasteiger partial charge in [-0.1, -0.05) is 5.16 Å². The van der Waals surface area contributed by atoms with Crippen LogP contribution in [-0.2, 0) is 0 Å². The predicted octanol–water partition coefficient (Wildman–Crippen LogP) is 0.568. The molecule has 0 radical (unpaired) electrons. The van der Waals surface area contributed by atoms with Gasteiger partial charge in [-0.15, -0.1) is 12.4 Å². The molecule has 5 heteroatoms. The van der Waals surface area contributed by atoms with Gasteiger partial charge in [0.25, 0.3) is 0 Å². The molecule has 1 N–H and O–H groups in total. The standard InChI is InChI=1S/C6H9N3O.ClH/c1-2-7-3-5(1)6-8-4-9-10-6;/h4-5,7H,1-3H2;1H. The highest BCUT2D eigenvalue weighted by Crippen LogP contribution is 2.18. The zero-order valence-corrected chi connectivity index (χ0v) is 6.80. The zero-order chi connectivity index (χ0) is 6.81. The first kappa shape index (κ1) is 8.49. The molecule has 1 atom stereocenters. The van der Waals surface area contributed by atoms with Crippen molar-refractivity contribution in [1.29, 1.82) is 0 Å². The summed E-state index contributed by atoms with van der Waals surface area (Å²) in [6.45, 7) is 2.04. The summed E-state index contributed by atoms with van der Waals surface area (Å²) < 4.78 is 4.92. The van der Waals surface area contributed by atoms with Gasteiger partial charge in [0, 0.05) is 6.54 Å². The average Bonchev–Trinajstić information content (AvgIpc) is 2.59. The minimum absolute atomic E-state index is 0. The van der Waals surface area contributed by atoms with E-state index in [9.17, 15) is 0 Å². The van der Waals surface area contributed by atoms with Crippen molar-refractivity contribution in [2.24, 2.45) is 0 Å². The van der Waals surface area contributed by atoms with Crippen molar-refractivity contribution in [3.8, 4) is 0 Å². The molecule has 0 aliphatic carbocycles. The Morgan fingerprint density at radius 3 is 3.09 bits per heavy atom. The maximum absolute atomic E-state index is 4.92. The van der Waals surface area contributed by atoms with Gasteiger partial charge in [-0.05, 0) is 13.0 Å². The topological polar surface area (TPSA) is 51.0 Å². The lowest BCUT2D eigenvalue weighted by atomic mass is 10.1. The number of nitrogens with one attached hydrogen (secondary N) is 1. The first-order valence-electron chi connectivity index (χ1n) is 3.44. The molecule has 2 rings (SSSR count). The zero-order valence-electron chi connectivity index (χ0n) is 5.99. The Morgan fingerprint density at radius 1 is 1.64 bits per heavy atom. The fourth-order valence-corrected chi connectivity index (χ4v) is 1.23. The van der Waals surface area contributed by atoms with E-state index in [1.165, 1.54) is 6.33 Å². The van der Waals surface area contributed by atoms with Crippen LogP contribution in [0.2, 0.25) is 0 Å². The summed E-state index contributed by atoms with van der Waals surface area (Å²) in [5, 5.41) is 6.79. The highest BCUT2D eigenvalue weighted by atomic mass is 35.5. The average molecular weight is 176 g/mol. The molecule has 1 aliphatic rings. The van der Waals surface area contributed by atoms with E-state index in [1.54, 1.807) is 0 Å². The van der Waals surface area contributed by atoms with Crippen molar-refractivity contribution >= 4 is 12.4 Å². The summed E-state index contributed by atoms with van der Waals surface area (Å²) in [5.74, 6) is 1.22.